The van der Waals surface area contributed by atoms with Gasteiger partial charge in [-0.15, -0.1) is 0 Å². The van der Waals surface area contributed by atoms with E-state index < -0.39 is 0 Å². The molecule has 1 amide bonds. The smallest absolute Gasteiger partial charge is 0.254 e. The number of amides is 1. The van der Waals surface area contributed by atoms with Gasteiger partial charge in [-0.05, 0) is 35.9 Å². The average molecular weight is 296 g/mol. The Bertz CT molecular complexity index is 758. The van der Waals surface area contributed by atoms with Crippen molar-refractivity contribution in [2.75, 3.05) is 25.6 Å². The van der Waals surface area contributed by atoms with Crippen molar-refractivity contribution in [2.24, 2.45) is 0 Å². The minimum atomic E-state index is 0.0841. The molecule has 0 fully saturated rings. The number of fused-ring (bicyclic) bond motifs is 2. The summed E-state index contributed by atoms with van der Waals surface area (Å²) < 4.78 is 11.1. The summed E-state index contributed by atoms with van der Waals surface area (Å²) in [5, 5.41) is 3.35. The number of hydrogen-bond donors (Lipinski definition) is 1. The molecule has 0 radical (unpaired) electrons. The van der Waals surface area contributed by atoms with Crippen LogP contribution in [0.3, 0.4) is 0 Å². The molecule has 0 atom stereocenters. The highest BCUT2D eigenvalue weighted by atomic mass is 16.6. The quantitative estimate of drug-likeness (QED) is 0.926. The molecular weight excluding hydrogens is 280 g/mol. The van der Waals surface area contributed by atoms with Gasteiger partial charge in [0.1, 0.15) is 13.2 Å². The molecule has 22 heavy (non-hydrogen) atoms. The van der Waals surface area contributed by atoms with Crippen LogP contribution in [-0.4, -0.2) is 31.1 Å². The maximum Gasteiger partial charge on any atom is 0.254 e. The molecule has 0 aliphatic carbocycles. The van der Waals surface area contributed by atoms with Crippen LogP contribution in [-0.2, 0) is 6.54 Å². The zero-order valence-corrected chi connectivity index (χ0v) is 12.3. The van der Waals surface area contributed by atoms with E-state index in [1.54, 1.807) is 4.90 Å². The third-order valence-electron chi connectivity index (χ3n) is 3.92. The molecule has 1 N–H and O–H groups in total. The van der Waals surface area contributed by atoms with E-state index in [2.05, 4.69) is 5.32 Å². The summed E-state index contributed by atoms with van der Waals surface area (Å²) in [4.78, 5) is 13.6. The molecule has 4 rings (SSSR count). The summed E-state index contributed by atoms with van der Waals surface area (Å²) in [5.74, 6) is 1.62. The highest BCUT2D eigenvalue weighted by Crippen LogP contribution is 2.34. The third-order valence-corrected chi connectivity index (χ3v) is 3.92. The Labute approximate surface area is 128 Å². The van der Waals surface area contributed by atoms with Gasteiger partial charge in [0, 0.05) is 36.6 Å². The first kappa shape index (κ1) is 13.0. The number of carbonyl (C=O) groups excluding carboxylic acids is 1. The molecule has 0 spiro atoms. The Morgan fingerprint density at radius 2 is 1.73 bits per heavy atom. The first-order chi connectivity index (χ1) is 10.7. The number of anilines is 2. The molecule has 0 saturated heterocycles. The number of carbonyl (C=O) groups is 1. The summed E-state index contributed by atoms with van der Waals surface area (Å²) in [6.07, 6.45) is 0. The highest BCUT2D eigenvalue weighted by Gasteiger charge is 2.24. The van der Waals surface area contributed by atoms with Gasteiger partial charge in [-0.2, -0.15) is 0 Å². The SMILES string of the molecule is CN1Cc2cc(Nc3ccc4c(c3)OCCO4)ccc2C1=O. The lowest BCUT2D eigenvalue weighted by Gasteiger charge is -2.19. The van der Waals surface area contributed by atoms with E-state index in [1.807, 2.05) is 43.4 Å². The zero-order chi connectivity index (χ0) is 15.1. The van der Waals surface area contributed by atoms with Crippen LogP contribution < -0.4 is 14.8 Å². The molecular formula is C17H16N2O3. The highest BCUT2D eigenvalue weighted by molar-refractivity contribution is 5.98. The Morgan fingerprint density at radius 3 is 2.59 bits per heavy atom. The lowest BCUT2D eigenvalue weighted by atomic mass is 10.1. The van der Waals surface area contributed by atoms with Crippen LogP contribution in [0.5, 0.6) is 11.5 Å². The maximum absolute atomic E-state index is 11.9. The molecule has 0 aromatic heterocycles. The summed E-state index contributed by atoms with van der Waals surface area (Å²) in [6, 6.07) is 11.6. The number of benzene rings is 2. The Hall–Kier alpha value is -2.69. The second kappa shape index (κ2) is 4.94. The van der Waals surface area contributed by atoms with Crippen molar-refractivity contribution >= 4 is 17.3 Å². The largest absolute Gasteiger partial charge is 0.486 e. The first-order valence-corrected chi connectivity index (χ1v) is 7.26. The van der Waals surface area contributed by atoms with Gasteiger partial charge in [-0.25, -0.2) is 0 Å². The Kier molecular flexibility index (Phi) is 2.92. The van der Waals surface area contributed by atoms with E-state index in [1.165, 1.54) is 0 Å². The second-order valence-corrected chi connectivity index (χ2v) is 5.52. The normalized spacial score (nSPS) is 15.7. The van der Waals surface area contributed by atoms with Crippen LogP contribution in [0.4, 0.5) is 11.4 Å². The molecule has 2 aromatic carbocycles. The van der Waals surface area contributed by atoms with Gasteiger partial charge in [-0.1, -0.05) is 0 Å². The van der Waals surface area contributed by atoms with Crippen LogP contribution >= 0.6 is 0 Å². The van der Waals surface area contributed by atoms with Gasteiger partial charge in [0.15, 0.2) is 11.5 Å². The van der Waals surface area contributed by atoms with Gasteiger partial charge in [0.25, 0.3) is 5.91 Å². The first-order valence-electron chi connectivity index (χ1n) is 7.26. The summed E-state index contributed by atoms with van der Waals surface area (Å²) >= 11 is 0. The summed E-state index contributed by atoms with van der Waals surface area (Å²) in [7, 11) is 1.82. The number of ether oxygens (including phenoxy) is 2. The number of nitrogens with zero attached hydrogens (tertiary/aromatic N) is 1. The Morgan fingerprint density at radius 1 is 1.00 bits per heavy atom. The van der Waals surface area contributed by atoms with Crippen molar-refractivity contribution in [1.29, 1.82) is 0 Å². The molecule has 2 aliphatic rings. The molecule has 112 valence electrons. The van der Waals surface area contributed by atoms with Crippen LogP contribution in [0.15, 0.2) is 36.4 Å². The maximum atomic E-state index is 11.9. The molecule has 5 nitrogen and oxygen atoms in total. The van der Waals surface area contributed by atoms with Gasteiger partial charge >= 0.3 is 0 Å². The lowest BCUT2D eigenvalue weighted by Crippen LogP contribution is -2.17. The lowest BCUT2D eigenvalue weighted by molar-refractivity contribution is 0.0816. The van der Waals surface area contributed by atoms with Crippen LogP contribution in [0.1, 0.15) is 15.9 Å². The minimum Gasteiger partial charge on any atom is -0.486 e. The molecule has 0 saturated carbocycles. The van der Waals surface area contributed by atoms with Gasteiger partial charge < -0.3 is 19.7 Å². The fraction of sp³-hybridized carbons (Fsp3) is 0.235. The number of nitrogens with one attached hydrogen (secondary N) is 1. The van der Waals surface area contributed by atoms with Crippen LogP contribution in [0.2, 0.25) is 0 Å². The van der Waals surface area contributed by atoms with E-state index >= 15 is 0 Å². The average Bonchev–Trinajstić information content (AvgIpc) is 2.81. The Balaban J connectivity index is 1.59. The standard InChI is InChI=1S/C17H16N2O3/c1-19-10-11-8-12(2-4-14(11)17(19)20)18-13-3-5-15-16(9-13)22-7-6-21-15/h2-5,8-9,18H,6-7,10H2,1H3. The number of rotatable bonds is 2. The zero-order valence-electron chi connectivity index (χ0n) is 12.3. The summed E-state index contributed by atoms with van der Waals surface area (Å²) in [5.41, 5.74) is 3.73. The van der Waals surface area contributed by atoms with Crippen molar-refractivity contribution in [3.05, 3.63) is 47.5 Å². The van der Waals surface area contributed by atoms with E-state index in [0.29, 0.717) is 19.8 Å². The van der Waals surface area contributed by atoms with Crippen molar-refractivity contribution < 1.29 is 14.3 Å². The second-order valence-electron chi connectivity index (χ2n) is 5.52. The topological polar surface area (TPSA) is 50.8 Å². The van der Waals surface area contributed by atoms with Crippen molar-refractivity contribution in [3.63, 3.8) is 0 Å². The van der Waals surface area contributed by atoms with Crippen molar-refractivity contribution in [1.82, 2.24) is 4.90 Å². The minimum absolute atomic E-state index is 0.0841. The molecule has 2 aliphatic heterocycles. The van der Waals surface area contributed by atoms with Crippen LogP contribution in [0.25, 0.3) is 0 Å². The van der Waals surface area contributed by atoms with E-state index in [9.17, 15) is 4.79 Å². The van der Waals surface area contributed by atoms with E-state index in [-0.39, 0.29) is 5.91 Å². The predicted molar refractivity (Wildman–Crippen MR) is 83.0 cm³/mol. The monoisotopic (exact) mass is 296 g/mol. The fourth-order valence-corrected chi connectivity index (χ4v) is 2.83. The molecule has 0 unspecified atom stereocenters. The van der Waals surface area contributed by atoms with E-state index in [0.717, 1.165) is 34.0 Å². The fourth-order valence-electron chi connectivity index (χ4n) is 2.83. The molecule has 2 heterocycles. The van der Waals surface area contributed by atoms with Crippen LogP contribution in [0, 0.1) is 0 Å². The predicted octanol–water partition coefficient (Wildman–Crippen LogP) is 2.79. The van der Waals surface area contributed by atoms with Crippen molar-refractivity contribution in [2.45, 2.75) is 6.54 Å². The molecule has 2 aromatic rings. The van der Waals surface area contributed by atoms with E-state index in [4.69, 9.17) is 9.47 Å². The van der Waals surface area contributed by atoms with Crippen molar-refractivity contribution in [3.8, 4) is 11.5 Å². The summed E-state index contributed by atoms with van der Waals surface area (Å²) in [6.45, 7) is 1.82. The van der Waals surface area contributed by atoms with Gasteiger partial charge in [0.2, 0.25) is 0 Å². The van der Waals surface area contributed by atoms with Gasteiger partial charge in [-0.3, -0.25) is 4.79 Å². The third kappa shape index (κ3) is 2.15. The molecule has 5 heteroatoms. The number of hydrogen-bond acceptors (Lipinski definition) is 4. The molecule has 0 bridgehead atoms. The van der Waals surface area contributed by atoms with Gasteiger partial charge in [0.05, 0.1) is 0 Å².